The lowest BCUT2D eigenvalue weighted by atomic mass is 10.0. The summed E-state index contributed by atoms with van der Waals surface area (Å²) in [5.41, 5.74) is 2.50. The molecule has 2 aromatic rings. The number of hydrogen-bond acceptors (Lipinski definition) is 4. The summed E-state index contributed by atoms with van der Waals surface area (Å²) in [6.07, 6.45) is 2.05. The Hall–Kier alpha value is -2.45. The van der Waals surface area contributed by atoms with E-state index in [-0.39, 0.29) is 5.57 Å². The van der Waals surface area contributed by atoms with Crippen molar-refractivity contribution < 1.29 is 19.1 Å². The molecule has 0 saturated carbocycles. The van der Waals surface area contributed by atoms with Gasteiger partial charge in [0.25, 0.3) is 11.8 Å². The molecule has 0 atom stereocenters. The van der Waals surface area contributed by atoms with Crippen molar-refractivity contribution in [3.63, 3.8) is 0 Å². The van der Waals surface area contributed by atoms with E-state index in [0.29, 0.717) is 24.3 Å². The first-order valence-electron chi connectivity index (χ1n) is 8.46. The normalized spacial score (nSPS) is 13.8. The largest absolute Gasteiger partial charge is 0.494 e. The molecular formula is C20H16Br2N2O4. The van der Waals surface area contributed by atoms with E-state index in [0.717, 1.165) is 20.1 Å². The number of barbiturate groups is 1. The Morgan fingerprint density at radius 2 is 1.68 bits per heavy atom. The van der Waals surface area contributed by atoms with Gasteiger partial charge in [-0.3, -0.25) is 20.2 Å². The SMILES string of the molecule is CCOc1cc(C=C2C(=O)NC(=O)NC2=O)cc(Br)c1Cc1ccccc1Br. The Labute approximate surface area is 178 Å². The second-order valence-electron chi connectivity index (χ2n) is 5.98. The second kappa shape index (κ2) is 8.70. The number of rotatable bonds is 5. The monoisotopic (exact) mass is 506 g/mol. The first-order valence-corrected chi connectivity index (χ1v) is 10.0. The molecule has 28 heavy (non-hydrogen) atoms. The van der Waals surface area contributed by atoms with Crippen LogP contribution in [0.25, 0.3) is 6.08 Å². The molecule has 0 radical (unpaired) electrons. The van der Waals surface area contributed by atoms with Crippen LogP contribution in [0.2, 0.25) is 0 Å². The summed E-state index contributed by atoms with van der Waals surface area (Å²) in [4.78, 5) is 35.1. The molecule has 4 amide bonds. The number of ether oxygens (including phenoxy) is 1. The molecular weight excluding hydrogens is 492 g/mol. The lowest BCUT2D eigenvalue weighted by Gasteiger charge is -2.16. The van der Waals surface area contributed by atoms with Crippen molar-refractivity contribution >= 4 is 55.8 Å². The van der Waals surface area contributed by atoms with Gasteiger partial charge in [0, 0.05) is 20.9 Å². The van der Waals surface area contributed by atoms with E-state index in [1.807, 2.05) is 31.2 Å². The van der Waals surface area contributed by atoms with Crippen LogP contribution in [0.3, 0.4) is 0 Å². The molecule has 2 N–H and O–H groups in total. The van der Waals surface area contributed by atoms with E-state index in [1.54, 1.807) is 12.1 Å². The van der Waals surface area contributed by atoms with Crippen molar-refractivity contribution in [2.75, 3.05) is 6.61 Å². The summed E-state index contributed by atoms with van der Waals surface area (Å²) in [5, 5.41) is 4.12. The molecule has 3 rings (SSSR count). The summed E-state index contributed by atoms with van der Waals surface area (Å²) in [6.45, 7) is 2.35. The highest BCUT2D eigenvalue weighted by molar-refractivity contribution is 9.10. The maximum Gasteiger partial charge on any atom is 0.328 e. The van der Waals surface area contributed by atoms with Gasteiger partial charge in [-0.2, -0.15) is 0 Å². The van der Waals surface area contributed by atoms with Gasteiger partial charge in [0.2, 0.25) is 0 Å². The van der Waals surface area contributed by atoms with Crippen LogP contribution < -0.4 is 15.4 Å². The average Bonchev–Trinajstić information content (AvgIpc) is 2.63. The number of carbonyl (C=O) groups excluding carboxylic acids is 3. The second-order valence-corrected chi connectivity index (χ2v) is 7.68. The lowest BCUT2D eigenvalue weighted by Crippen LogP contribution is -2.51. The van der Waals surface area contributed by atoms with Crippen LogP contribution in [0.1, 0.15) is 23.6 Å². The topological polar surface area (TPSA) is 84.5 Å². The van der Waals surface area contributed by atoms with E-state index >= 15 is 0 Å². The molecule has 1 saturated heterocycles. The van der Waals surface area contributed by atoms with Crippen LogP contribution in [-0.2, 0) is 16.0 Å². The van der Waals surface area contributed by atoms with Crippen LogP contribution in [0.5, 0.6) is 5.75 Å². The molecule has 6 nitrogen and oxygen atoms in total. The van der Waals surface area contributed by atoms with Gasteiger partial charge in [-0.15, -0.1) is 0 Å². The summed E-state index contributed by atoms with van der Waals surface area (Å²) in [7, 11) is 0. The first kappa shape index (κ1) is 20.3. The highest BCUT2D eigenvalue weighted by atomic mass is 79.9. The fraction of sp³-hybridized carbons (Fsp3) is 0.150. The minimum atomic E-state index is -0.827. The molecule has 1 aliphatic heterocycles. The van der Waals surface area contributed by atoms with Gasteiger partial charge in [-0.05, 0) is 42.3 Å². The number of carbonyl (C=O) groups is 3. The Bertz CT molecular complexity index is 980. The van der Waals surface area contributed by atoms with Crippen molar-refractivity contribution in [3.05, 3.63) is 67.6 Å². The molecule has 8 heteroatoms. The summed E-state index contributed by atoms with van der Waals surface area (Å²) < 4.78 is 7.58. The van der Waals surface area contributed by atoms with Crippen LogP contribution in [-0.4, -0.2) is 24.5 Å². The van der Waals surface area contributed by atoms with Gasteiger partial charge < -0.3 is 4.74 Å². The third kappa shape index (κ3) is 4.51. The zero-order chi connectivity index (χ0) is 20.3. The molecule has 1 aliphatic rings. The minimum absolute atomic E-state index is 0.146. The van der Waals surface area contributed by atoms with Crippen LogP contribution in [0.15, 0.2) is 50.9 Å². The van der Waals surface area contributed by atoms with Crippen LogP contribution in [0, 0.1) is 0 Å². The van der Waals surface area contributed by atoms with E-state index in [9.17, 15) is 14.4 Å². The Morgan fingerprint density at radius 3 is 2.32 bits per heavy atom. The Morgan fingerprint density at radius 1 is 1.00 bits per heavy atom. The van der Waals surface area contributed by atoms with Crippen LogP contribution in [0.4, 0.5) is 4.79 Å². The predicted octanol–water partition coefficient (Wildman–Crippen LogP) is 3.95. The van der Waals surface area contributed by atoms with Crippen molar-refractivity contribution in [1.82, 2.24) is 10.6 Å². The van der Waals surface area contributed by atoms with Gasteiger partial charge in [0.05, 0.1) is 6.61 Å². The molecule has 0 aliphatic carbocycles. The smallest absolute Gasteiger partial charge is 0.328 e. The van der Waals surface area contributed by atoms with Gasteiger partial charge in [0.1, 0.15) is 11.3 Å². The average molecular weight is 508 g/mol. The van der Waals surface area contributed by atoms with E-state index in [4.69, 9.17) is 4.74 Å². The number of amides is 4. The number of benzene rings is 2. The maximum absolute atomic E-state index is 12.0. The van der Waals surface area contributed by atoms with Crippen molar-refractivity contribution in [2.24, 2.45) is 0 Å². The molecule has 2 aromatic carbocycles. The lowest BCUT2D eigenvalue weighted by molar-refractivity contribution is -0.123. The fourth-order valence-electron chi connectivity index (χ4n) is 2.78. The molecule has 0 bridgehead atoms. The number of halogens is 2. The number of urea groups is 1. The molecule has 1 fully saturated rings. The zero-order valence-electron chi connectivity index (χ0n) is 14.8. The molecule has 0 spiro atoms. The first-order chi connectivity index (χ1) is 13.4. The van der Waals surface area contributed by atoms with Gasteiger partial charge in [0.15, 0.2) is 0 Å². The predicted molar refractivity (Wildman–Crippen MR) is 112 cm³/mol. The van der Waals surface area contributed by atoms with Crippen LogP contribution >= 0.6 is 31.9 Å². The highest BCUT2D eigenvalue weighted by Gasteiger charge is 2.27. The molecule has 0 aromatic heterocycles. The fourth-order valence-corrected chi connectivity index (χ4v) is 3.80. The van der Waals surface area contributed by atoms with E-state index in [2.05, 4.69) is 42.5 Å². The summed E-state index contributed by atoms with van der Waals surface area (Å²) in [5.74, 6) is -0.826. The standard InChI is InChI=1S/C20H16Br2N2O4/c1-2-28-17-9-11(7-14-18(25)23-20(27)24-19(14)26)8-16(22)13(17)10-12-5-3-4-6-15(12)21/h3-9H,2,10H2,1H3,(H2,23,24,25,26,27). The number of imide groups is 2. The van der Waals surface area contributed by atoms with Crippen molar-refractivity contribution in [1.29, 1.82) is 0 Å². The number of nitrogens with one attached hydrogen (secondary N) is 2. The number of hydrogen-bond donors (Lipinski definition) is 2. The molecule has 144 valence electrons. The van der Waals surface area contributed by atoms with Crippen molar-refractivity contribution in [2.45, 2.75) is 13.3 Å². The highest BCUT2D eigenvalue weighted by Crippen LogP contribution is 2.33. The quantitative estimate of drug-likeness (QED) is 0.474. The van der Waals surface area contributed by atoms with Crippen molar-refractivity contribution in [3.8, 4) is 5.75 Å². The van der Waals surface area contributed by atoms with E-state index in [1.165, 1.54) is 6.08 Å². The van der Waals surface area contributed by atoms with Gasteiger partial charge in [-0.1, -0.05) is 50.1 Å². The van der Waals surface area contributed by atoms with Gasteiger partial charge in [-0.25, -0.2) is 4.79 Å². The molecule has 1 heterocycles. The Balaban J connectivity index is 2.00. The van der Waals surface area contributed by atoms with E-state index < -0.39 is 17.8 Å². The Kier molecular flexibility index (Phi) is 6.31. The summed E-state index contributed by atoms with van der Waals surface area (Å²) >= 11 is 7.13. The third-order valence-electron chi connectivity index (χ3n) is 4.06. The van der Waals surface area contributed by atoms with Gasteiger partial charge >= 0.3 is 6.03 Å². The third-order valence-corrected chi connectivity index (χ3v) is 5.54. The summed E-state index contributed by atoms with van der Waals surface area (Å²) in [6, 6.07) is 10.7. The molecule has 0 unspecified atom stereocenters. The zero-order valence-corrected chi connectivity index (χ0v) is 18.0. The minimum Gasteiger partial charge on any atom is -0.494 e. The maximum atomic E-state index is 12.0.